The van der Waals surface area contributed by atoms with Gasteiger partial charge in [0.15, 0.2) is 0 Å². The van der Waals surface area contributed by atoms with Gasteiger partial charge in [0.05, 0.1) is 10.2 Å². The molecule has 0 spiro atoms. The molecule has 0 bridgehead atoms. The third-order valence-corrected chi connectivity index (χ3v) is 4.97. The van der Waals surface area contributed by atoms with Gasteiger partial charge in [0, 0.05) is 12.1 Å². The van der Waals surface area contributed by atoms with Crippen LogP contribution in [0.15, 0.2) is 40.6 Å². The van der Waals surface area contributed by atoms with Gasteiger partial charge in [0.2, 0.25) is 0 Å². The van der Waals surface area contributed by atoms with Gasteiger partial charge >= 0.3 is 0 Å². The quantitative estimate of drug-likeness (QED) is 0.339. The minimum atomic E-state index is 1.05. The Morgan fingerprint density at radius 1 is 1.29 bits per heavy atom. The Morgan fingerprint density at radius 3 is 2.90 bits per heavy atom. The number of hydrogen-bond acceptors (Lipinski definition) is 3. The molecule has 4 heteroatoms. The van der Waals surface area contributed by atoms with Gasteiger partial charge < -0.3 is 5.32 Å². The van der Waals surface area contributed by atoms with Crippen molar-refractivity contribution in [3.05, 3.63) is 45.6 Å². The molecule has 1 aromatic heterocycles. The lowest BCUT2D eigenvalue weighted by Gasteiger charge is -2.00. The first kappa shape index (κ1) is 16.5. The number of nitrogens with zero attached hydrogens (tertiary/aromatic N) is 1. The third-order valence-electron chi connectivity index (χ3n) is 3.21. The maximum Gasteiger partial charge on any atom is 0.125 e. The fourth-order valence-corrected chi connectivity index (χ4v) is 3.71. The average Bonchev–Trinajstić information content (AvgIpc) is 2.94. The van der Waals surface area contributed by atoms with Crippen molar-refractivity contribution in [3.8, 4) is 0 Å². The van der Waals surface area contributed by atoms with E-state index in [1.165, 1.54) is 30.4 Å². The minimum Gasteiger partial charge on any atom is -0.391 e. The summed E-state index contributed by atoms with van der Waals surface area (Å²) in [5.41, 5.74) is 2.24. The molecule has 0 radical (unpaired) electrons. The van der Waals surface area contributed by atoms with E-state index in [-0.39, 0.29) is 0 Å². The molecular weight excluding hydrogens is 391 g/mol. The number of fused-ring (bicyclic) bond motifs is 1. The van der Waals surface area contributed by atoms with Gasteiger partial charge in [-0.3, -0.25) is 0 Å². The van der Waals surface area contributed by atoms with E-state index in [4.69, 9.17) is 0 Å². The number of benzene rings is 1. The van der Waals surface area contributed by atoms with Gasteiger partial charge in [-0.2, -0.15) is 0 Å². The lowest BCUT2D eigenvalue weighted by atomic mass is 10.2. The number of allylic oxidation sites excluding steroid dienone is 2. The minimum absolute atomic E-state index is 1.05. The standard InChI is InChI=1S/C17H21IN2S/c1-2-3-4-7-11-19-12-10-14(13-18)17-20-15-8-5-6-9-16(15)21-17/h5-6,8-10,12-13,19H,2-4,7,11H2,1H3/b12-10-,14-13+. The van der Waals surface area contributed by atoms with Crippen molar-refractivity contribution in [2.45, 2.75) is 32.6 Å². The van der Waals surface area contributed by atoms with Crippen LogP contribution in [0.3, 0.4) is 0 Å². The number of unbranched alkanes of at least 4 members (excludes halogenated alkanes) is 3. The van der Waals surface area contributed by atoms with Crippen LogP contribution in [0.25, 0.3) is 15.8 Å². The zero-order chi connectivity index (χ0) is 14.9. The molecule has 0 unspecified atom stereocenters. The first-order valence-electron chi connectivity index (χ1n) is 7.41. The molecule has 2 rings (SSSR count). The predicted molar refractivity (Wildman–Crippen MR) is 103 cm³/mol. The summed E-state index contributed by atoms with van der Waals surface area (Å²) in [6.45, 7) is 3.29. The average molecular weight is 412 g/mol. The van der Waals surface area contributed by atoms with E-state index in [1.54, 1.807) is 11.3 Å². The Morgan fingerprint density at radius 2 is 2.14 bits per heavy atom. The van der Waals surface area contributed by atoms with E-state index in [1.807, 2.05) is 12.3 Å². The SMILES string of the molecule is CCCCCCN/C=C\C(=C/I)c1nc2ccccc2s1. The van der Waals surface area contributed by atoms with Gasteiger partial charge in [0.1, 0.15) is 5.01 Å². The second kappa shape index (κ2) is 9.20. The molecule has 0 amide bonds. The zero-order valence-corrected chi connectivity index (χ0v) is 15.3. The number of para-hydroxylation sites is 1. The largest absolute Gasteiger partial charge is 0.391 e. The Kier molecular flexibility index (Phi) is 7.23. The lowest BCUT2D eigenvalue weighted by Crippen LogP contribution is -2.06. The Bertz CT molecular complexity index is 583. The van der Waals surface area contributed by atoms with Crippen molar-refractivity contribution >= 4 is 49.7 Å². The molecule has 21 heavy (non-hydrogen) atoms. The summed E-state index contributed by atoms with van der Waals surface area (Å²) < 4.78 is 3.33. The summed E-state index contributed by atoms with van der Waals surface area (Å²) in [4.78, 5) is 4.69. The Balaban J connectivity index is 1.91. The van der Waals surface area contributed by atoms with E-state index >= 15 is 0 Å². The van der Waals surface area contributed by atoms with Crippen LogP contribution in [0.4, 0.5) is 0 Å². The van der Waals surface area contributed by atoms with Crippen molar-refractivity contribution in [1.82, 2.24) is 10.3 Å². The van der Waals surface area contributed by atoms with E-state index in [0.717, 1.165) is 22.6 Å². The second-order valence-electron chi connectivity index (χ2n) is 4.90. The molecule has 1 N–H and O–H groups in total. The highest BCUT2D eigenvalue weighted by atomic mass is 127. The van der Waals surface area contributed by atoms with Crippen LogP contribution in [-0.2, 0) is 0 Å². The normalized spacial score (nSPS) is 12.4. The smallest absolute Gasteiger partial charge is 0.125 e. The second-order valence-corrected chi connectivity index (χ2v) is 6.55. The first-order valence-corrected chi connectivity index (χ1v) is 9.47. The Labute approximate surface area is 144 Å². The summed E-state index contributed by atoms with van der Waals surface area (Å²) in [5, 5.41) is 4.44. The van der Waals surface area contributed by atoms with Crippen LogP contribution in [0.2, 0.25) is 0 Å². The number of thiazole rings is 1. The summed E-state index contributed by atoms with van der Waals surface area (Å²) in [6, 6.07) is 8.28. The lowest BCUT2D eigenvalue weighted by molar-refractivity contribution is 0.646. The number of rotatable bonds is 8. The van der Waals surface area contributed by atoms with Crippen LogP contribution in [0, 0.1) is 0 Å². The topological polar surface area (TPSA) is 24.9 Å². The molecule has 0 atom stereocenters. The predicted octanol–water partition coefficient (Wildman–Crippen LogP) is 5.76. The van der Waals surface area contributed by atoms with Crippen molar-refractivity contribution in [3.63, 3.8) is 0 Å². The summed E-state index contributed by atoms with van der Waals surface area (Å²) in [7, 11) is 0. The summed E-state index contributed by atoms with van der Waals surface area (Å²) >= 11 is 4.02. The number of hydrogen-bond donors (Lipinski definition) is 1. The van der Waals surface area contributed by atoms with Crippen LogP contribution in [-0.4, -0.2) is 11.5 Å². The van der Waals surface area contributed by atoms with Crippen LogP contribution >= 0.6 is 33.9 Å². The molecule has 0 saturated carbocycles. The van der Waals surface area contributed by atoms with Crippen molar-refractivity contribution in [2.24, 2.45) is 0 Å². The molecule has 2 aromatic rings. The van der Waals surface area contributed by atoms with Gasteiger partial charge in [-0.1, -0.05) is 60.9 Å². The molecule has 0 fully saturated rings. The number of aromatic nitrogens is 1. The zero-order valence-electron chi connectivity index (χ0n) is 12.3. The van der Waals surface area contributed by atoms with Gasteiger partial charge in [0.25, 0.3) is 0 Å². The van der Waals surface area contributed by atoms with E-state index < -0.39 is 0 Å². The summed E-state index contributed by atoms with van der Waals surface area (Å²) in [5.74, 6) is 0. The monoisotopic (exact) mass is 412 g/mol. The molecule has 0 aliphatic carbocycles. The van der Waals surface area contributed by atoms with Crippen LogP contribution < -0.4 is 5.32 Å². The molecule has 2 nitrogen and oxygen atoms in total. The highest BCUT2D eigenvalue weighted by molar-refractivity contribution is 14.1. The molecular formula is C17H21IN2S. The van der Waals surface area contributed by atoms with E-state index in [0.29, 0.717) is 0 Å². The highest BCUT2D eigenvalue weighted by Gasteiger charge is 2.05. The van der Waals surface area contributed by atoms with Gasteiger partial charge in [-0.25, -0.2) is 4.98 Å². The van der Waals surface area contributed by atoms with Crippen molar-refractivity contribution in [2.75, 3.05) is 6.54 Å². The molecule has 1 heterocycles. The third kappa shape index (κ3) is 5.11. The maximum absolute atomic E-state index is 4.69. The number of halogens is 1. The maximum atomic E-state index is 4.69. The van der Waals surface area contributed by atoms with Gasteiger partial charge in [-0.15, -0.1) is 11.3 Å². The number of nitrogens with one attached hydrogen (secondary N) is 1. The fourth-order valence-electron chi connectivity index (χ4n) is 2.04. The van der Waals surface area contributed by atoms with Gasteiger partial charge in [-0.05, 0) is 34.9 Å². The fraction of sp³-hybridized carbons (Fsp3) is 0.353. The van der Waals surface area contributed by atoms with Crippen LogP contribution in [0.1, 0.15) is 37.6 Å². The molecule has 0 saturated heterocycles. The molecule has 0 aliphatic heterocycles. The highest BCUT2D eigenvalue weighted by Crippen LogP contribution is 2.28. The van der Waals surface area contributed by atoms with E-state index in [2.05, 4.69) is 68.2 Å². The van der Waals surface area contributed by atoms with Crippen molar-refractivity contribution in [1.29, 1.82) is 0 Å². The molecule has 112 valence electrons. The van der Waals surface area contributed by atoms with Crippen LogP contribution in [0.5, 0.6) is 0 Å². The van der Waals surface area contributed by atoms with E-state index in [9.17, 15) is 0 Å². The van der Waals surface area contributed by atoms with Crippen molar-refractivity contribution < 1.29 is 0 Å². The molecule has 0 aliphatic rings. The summed E-state index contributed by atoms with van der Waals surface area (Å²) in [6.07, 6.45) is 9.32. The Hall–Kier alpha value is -0.880. The first-order chi connectivity index (χ1) is 10.3. The molecule has 1 aromatic carbocycles.